The van der Waals surface area contributed by atoms with Crippen LogP contribution in [0.5, 0.6) is 0 Å². The van der Waals surface area contributed by atoms with Crippen molar-refractivity contribution in [1.29, 1.82) is 5.26 Å². The maximum atomic E-state index is 13.7. The largest absolute Gasteiger partial charge is 0.417 e. The molecular formula is C24H18F5N3OS2. The first-order valence-electron chi connectivity index (χ1n) is 10.2. The first-order valence-corrected chi connectivity index (χ1v) is 12.0. The van der Waals surface area contributed by atoms with Gasteiger partial charge in [0.1, 0.15) is 11.1 Å². The Morgan fingerprint density at radius 1 is 1.09 bits per heavy atom. The molecule has 0 fully saturated rings. The Kier molecular flexibility index (Phi) is 9.12. The first kappa shape index (κ1) is 26.5. The van der Waals surface area contributed by atoms with Gasteiger partial charge in [-0.1, -0.05) is 66.0 Å². The first-order chi connectivity index (χ1) is 16.7. The molecule has 0 saturated carbocycles. The Balaban J connectivity index is 1.79. The van der Waals surface area contributed by atoms with Crippen LogP contribution in [0, 0.1) is 11.3 Å². The van der Waals surface area contributed by atoms with Crippen LogP contribution in [0.3, 0.4) is 0 Å². The molecule has 0 aliphatic rings. The van der Waals surface area contributed by atoms with Gasteiger partial charge in [0.05, 0.1) is 22.6 Å². The van der Waals surface area contributed by atoms with Crippen LogP contribution in [0.1, 0.15) is 16.7 Å². The number of nitriles is 1. The molecule has 11 heteroatoms. The van der Waals surface area contributed by atoms with E-state index in [1.165, 1.54) is 24.3 Å². The lowest BCUT2D eigenvalue weighted by atomic mass is 10.1. The fourth-order valence-electron chi connectivity index (χ4n) is 3.09. The van der Waals surface area contributed by atoms with Crippen LogP contribution >= 0.6 is 23.5 Å². The predicted octanol–water partition coefficient (Wildman–Crippen LogP) is 6.40. The molecule has 1 heterocycles. The standard InChI is InChI=1S/C24H18F5N3OS2/c25-23(26)35-17-8-6-16(7-9-17)20-12-19(24(27,28)29)18(13-30)22(32-20)34-14-21(33)31-11-10-15-4-2-1-3-5-15/h1-9,12,23H,10-11,14H2,(H,31,33). The second kappa shape index (κ2) is 12.0. The fourth-order valence-corrected chi connectivity index (χ4v) is 4.42. The van der Waals surface area contributed by atoms with Crippen LogP contribution in [0.15, 0.2) is 70.6 Å². The summed E-state index contributed by atoms with van der Waals surface area (Å²) >= 11 is 1.04. The number of pyridine rings is 1. The summed E-state index contributed by atoms with van der Waals surface area (Å²) in [4.78, 5) is 16.7. The minimum absolute atomic E-state index is 0.0862. The number of aromatic nitrogens is 1. The average molecular weight is 524 g/mol. The van der Waals surface area contributed by atoms with E-state index in [1.807, 2.05) is 30.3 Å². The van der Waals surface area contributed by atoms with E-state index in [-0.39, 0.29) is 26.9 Å². The van der Waals surface area contributed by atoms with Crippen LogP contribution in [-0.4, -0.2) is 28.9 Å². The summed E-state index contributed by atoms with van der Waals surface area (Å²) in [5.41, 5.74) is -0.657. The number of carbonyl (C=O) groups excluding carboxylic acids is 1. The molecule has 1 amide bonds. The molecule has 0 atom stereocenters. The summed E-state index contributed by atoms with van der Waals surface area (Å²) in [6.45, 7) is 0.346. The summed E-state index contributed by atoms with van der Waals surface area (Å²) in [6.07, 6.45) is -4.24. The van der Waals surface area contributed by atoms with Crippen molar-refractivity contribution in [2.45, 2.75) is 28.3 Å². The average Bonchev–Trinajstić information content (AvgIpc) is 2.82. The summed E-state index contributed by atoms with van der Waals surface area (Å²) < 4.78 is 66.1. The van der Waals surface area contributed by atoms with Crippen molar-refractivity contribution in [2.75, 3.05) is 12.3 Å². The SMILES string of the molecule is N#Cc1c(C(F)(F)F)cc(-c2ccc(SC(F)F)cc2)nc1SCC(=O)NCCc1ccccc1. The van der Waals surface area contributed by atoms with Crippen LogP contribution < -0.4 is 5.32 Å². The molecule has 0 radical (unpaired) electrons. The van der Waals surface area contributed by atoms with Gasteiger partial charge in [-0.3, -0.25) is 4.79 Å². The van der Waals surface area contributed by atoms with E-state index in [0.717, 1.165) is 23.4 Å². The highest BCUT2D eigenvalue weighted by Gasteiger charge is 2.36. The van der Waals surface area contributed by atoms with Gasteiger partial charge >= 0.3 is 6.18 Å². The number of alkyl halides is 5. The molecule has 35 heavy (non-hydrogen) atoms. The Morgan fingerprint density at radius 3 is 2.37 bits per heavy atom. The van der Waals surface area contributed by atoms with Gasteiger partial charge in [0.15, 0.2) is 0 Å². The third-order valence-corrected chi connectivity index (χ3v) is 6.40. The number of amides is 1. The number of hydrogen-bond acceptors (Lipinski definition) is 5. The van der Waals surface area contributed by atoms with Crippen LogP contribution in [0.2, 0.25) is 0 Å². The Labute approximate surface area is 206 Å². The topological polar surface area (TPSA) is 65.8 Å². The zero-order valence-corrected chi connectivity index (χ0v) is 19.6. The van der Waals surface area contributed by atoms with E-state index in [4.69, 9.17) is 0 Å². The predicted molar refractivity (Wildman–Crippen MR) is 125 cm³/mol. The molecule has 1 aromatic heterocycles. The van der Waals surface area contributed by atoms with Crippen LogP contribution in [0.4, 0.5) is 22.0 Å². The van der Waals surface area contributed by atoms with Gasteiger partial charge in [-0.05, 0) is 30.2 Å². The smallest absolute Gasteiger partial charge is 0.355 e. The second-order valence-electron chi connectivity index (χ2n) is 7.12. The molecule has 3 rings (SSSR count). The molecule has 0 bridgehead atoms. The molecule has 1 N–H and O–H groups in total. The fraction of sp³-hybridized carbons (Fsp3) is 0.208. The van der Waals surface area contributed by atoms with Gasteiger partial charge in [0.25, 0.3) is 5.76 Å². The summed E-state index contributed by atoms with van der Waals surface area (Å²) in [5, 5.41) is 11.9. The van der Waals surface area contributed by atoms with Crippen molar-refractivity contribution in [2.24, 2.45) is 0 Å². The number of carbonyl (C=O) groups is 1. The highest BCUT2D eigenvalue weighted by molar-refractivity contribution is 8.00. The lowest BCUT2D eigenvalue weighted by Crippen LogP contribution is -2.27. The quantitative estimate of drug-likeness (QED) is 0.260. The zero-order valence-electron chi connectivity index (χ0n) is 18.0. The molecule has 0 saturated heterocycles. The minimum atomic E-state index is -4.83. The molecular weight excluding hydrogens is 505 g/mol. The Bertz CT molecular complexity index is 1200. The van der Waals surface area contributed by atoms with E-state index in [0.29, 0.717) is 24.7 Å². The molecule has 0 aliphatic carbocycles. The summed E-state index contributed by atoms with van der Waals surface area (Å²) in [6, 6.07) is 17.2. The zero-order chi connectivity index (χ0) is 25.4. The van der Waals surface area contributed by atoms with Gasteiger partial charge in [-0.25, -0.2) is 4.98 Å². The van der Waals surface area contributed by atoms with Crippen molar-refractivity contribution < 1.29 is 26.7 Å². The number of hydrogen-bond donors (Lipinski definition) is 1. The number of thioether (sulfide) groups is 2. The monoisotopic (exact) mass is 523 g/mol. The van der Waals surface area contributed by atoms with Gasteiger partial charge in [-0.2, -0.15) is 27.2 Å². The minimum Gasteiger partial charge on any atom is -0.355 e. The highest BCUT2D eigenvalue weighted by atomic mass is 32.2. The Morgan fingerprint density at radius 2 is 1.77 bits per heavy atom. The van der Waals surface area contributed by atoms with Crippen LogP contribution in [0.25, 0.3) is 11.3 Å². The van der Waals surface area contributed by atoms with E-state index >= 15 is 0 Å². The van der Waals surface area contributed by atoms with Crippen molar-refractivity contribution in [3.63, 3.8) is 0 Å². The van der Waals surface area contributed by atoms with Gasteiger partial charge in [-0.15, -0.1) is 0 Å². The van der Waals surface area contributed by atoms with E-state index in [2.05, 4.69) is 10.3 Å². The lowest BCUT2D eigenvalue weighted by molar-refractivity contribution is -0.138. The summed E-state index contributed by atoms with van der Waals surface area (Å²) in [5.74, 6) is -3.28. The molecule has 4 nitrogen and oxygen atoms in total. The lowest BCUT2D eigenvalue weighted by Gasteiger charge is -2.14. The molecule has 2 aromatic carbocycles. The van der Waals surface area contributed by atoms with E-state index in [9.17, 15) is 32.0 Å². The van der Waals surface area contributed by atoms with Crippen molar-refractivity contribution in [3.8, 4) is 17.3 Å². The second-order valence-corrected chi connectivity index (χ2v) is 9.15. The molecule has 3 aromatic rings. The number of halogens is 5. The van der Waals surface area contributed by atoms with E-state index in [1.54, 1.807) is 6.07 Å². The molecule has 0 aliphatic heterocycles. The van der Waals surface area contributed by atoms with Crippen LogP contribution in [-0.2, 0) is 17.4 Å². The Hall–Kier alpha value is -3.10. The molecule has 0 unspecified atom stereocenters. The third-order valence-electron chi connectivity index (χ3n) is 4.70. The maximum Gasteiger partial charge on any atom is 0.417 e. The van der Waals surface area contributed by atoms with Gasteiger partial charge < -0.3 is 5.32 Å². The van der Waals surface area contributed by atoms with Crippen molar-refractivity contribution >= 4 is 29.4 Å². The van der Waals surface area contributed by atoms with Crippen molar-refractivity contribution in [1.82, 2.24) is 10.3 Å². The molecule has 0 spiro atoms. The number of rotatable bonds is 9. The van der Waals surface area contributed by atoms with Crippen molar-refractivity contribution in [3.05, 3.63) is 77.4 Å². The molecule has 182 valence electrons. The van der Waals surface area contributed by atoms with E-state index < -0.39 is 29.0 Å². The normalized spacial score (nSPS) is 11.3. The summed E-state index contributed by atoms with van der Waals surface area (Å²) in [7, 11) is 0. The highest BCUT2D eigenvalue weighted by Crippen LogP contribution is 2.38. The number of nitrogens with zero attached hydrogens (tertiary/aromatic N) is 2. The maximum absolute atomic E-state index is 13.7. The van der Waals surface area contributed by atoms with Gasteiger partial charge in [0.2, 0.25) is 5.91 Å². The number of nitrogens with one attached hydrogen (secondary N) is 1. The van der Waals surface area contributed by atoms with Gasteiger partial charge in [0, 0.05) is 17.0 Å². The third kappa shape index (κ3) is 7.70. The number of benzene rings is 2.